The molecule has 1 aromatic rings. The van der Waals surface area contributed by atoms with Crippen molar-refractivity contribution in [1.82, 2.24) is 15.5 Å². The number of rotatable bonds is 9. The van der Waals surface area contributed by atoms with Gasteiger partial charge in [0.05, 0.1) is 12.3 Å². The molecule has 44 heavy (non-hydrogen) atoms. The molecule has 1 aromatic carbocycles. The van der Waals surface area contributed by atoms with Crippen molar-refractivity contribution in [3.8, 4) is 0 Å². The molecule has 2 aliphatic heterocycles. The van der Waals surface area contributed by atoms with E-state index in [0.717, 1.165) is 47.6 Å². The number of carboxylic acid groups (broad SMARTS) is 1. The van der Waals surface area contributed by atoms with E-state index in [-0.39, 0.29) is 25.5 Å². The van der Waals surface area contributed by atoms with Crippen LogP contribution in [0, 0.1) is 11.3 Å². The van der Waals surface area contributed by atoms with Crippen LogP contribution < -0.4 is 10.6 Å². The number of nitrogens with zero attached hydrogens (tertiary/aromatic N) is 2. The van der Waals surface area contributed by atoms with Crippen molar-refractivity contribution in [1.29, 1.82) is 0 Å². The highest BCUT2D eigenvalue weighted by atomic mass is 32.2. The number of fused-ring (bicyclic) bond motifs is 1. The first-order valence-corrected chi connectivity index (χ1v) is 16.3. The Kier molecular flexibility index (Phi) is 9.29. The Morgan fingerprint density at radius 2 is 1.91 bits per heavy atom. The maximum atomic E-state index is 14.2. The van der Waals surface area contributed by atoms with E-state index < -0.39 is 58.9 Å². The first-order valence-electron chi connectivity index (χ1n) is 15.3. The van der Waals surface area contributed by atoms with Crippen LogP contribution in [0.3, 0.4) is 0 Å². The lowest BCUT2D eigenvalue weighted by atomic mass is 9.85. The number of likely N-dealkylation sites (tertiary alicyclic amines) is 1. The third kappa shape index (κ3) is 6.74. The monoisotopic (exact) mass is 626 g/mol. The zero-order valence-electron chi connectivity index (χ0n) is 25.5. The van der Waals surface area contributed by atoms with E-state index in [1.807, 2.05) is 45.0 Å². The topological polar surface area (TPSA) is 147 Å². The largest absolute Gasteiger partial charge is 0.479 e. The second-order valence-corrected chi connectivity index (χ2v) is 14.3. The lowest BCUT2D eigenvalue weighted by molar-refractivity contribution is -0.146. The molecule has 5 rings (SSSR count). The average Bonchev–Trinajstić information content (AvgIpc) is 3.27. The number of aliphatic carboxylic acids is 1. The summed E-state index contributed by atoms with van der Waals surface area (Å²) >= 11 is 1.75. The number of ether oxygens (including phenoxy) is 1. The van der Waals surface area contributed by atoms with Gasteiger partial charge < -0.3 is 30.2 Å². The quantitative estimate of drug-likeness (QED) is 0.274. The van der Waals surface area contributed by atoms with Crippen molar-refractivity contribution >= 4 is 41.4 Å². The number of benzene rings is 1. The number of nitrogens with one attached hydrogen (secondary N) is 2. The molecule has 0 bridgehead atoms. The number of alkyl carbamates (subject to hydrolysis) is 1. The number of oxime groups is 1. The van der Waals surface area contributed by atoms with Crippen molar-refractivity contribution in [3.05, 3.63) is 42.5 Å². The highest BCUT2D eigenvalue weighted by Gasteiger charge is 2.61. The van der Waals surface area contributed by atoms with Gasteiger partial charge in [-0.1, -0.05) is 50.2 Å². The molecule has 2 aliphatic carbocycles. The fraction of sp³-hybridized carbons (Fsp3) is 0.594. The van der Waals surface area contributed by atoms with Gasteiger partial charge in [0.2, 0.25) is 11.8 Å². The molecular weight excluding hydrogens is 584 g/mol. The Morgan fingerprint density at radius 3 is 2.57 bits per heavy atom. The number of hydrogen-bond acceptors (Lipinski definition) is 8. The highest BCUT2D eigenvalue weighted by Crippen LogP contribution is 2.45. The molecule has 0 aromatic heterocycles. The fourth-order valence-corrected chi connectivity index (χ4v) is 7.30. The van der Waals surface area contributed by atoms with E-state index in [4.69, 9.17) is 9.57 Å². The molecule has 3 amide bonds. The van der Waals surface area contributed by atoms with Gasteiger partial charge in [0.25, 0.3) is 0 Å². The molecule has 4 aliphatic rings. The molecule has 1 saturated heterocycles. The molecule has 12 heteroatoms. The molecule has 2 saturated carbocycles. The molecule has 238 valence electrons. The third-order valence-electron chi connectivity index (χ3n) is 8.93. The van der Waals surface area contributed by atoms with Gasteiger partial charge in [-0.3, -0.25) is 9.59 Å². The van der Waals surface area contributed by atoms with E-state index >= 15 is 0 Å². The number of carbonyl (C=O) groups is 4. The van der Waals surface area contributed by atoms with Crippen molar-refractivity contribution < 1.29 is 33.9 Å². The van der Waals surface area contributed by atoms with E-state index in [1.54, 1.807) is 11.8 Å². The van der Waals surface area contributed by atoms with E-state index in [2.05, 4.69) is 22.4 Å². The van der Waals surface area contributed by atoms with Gasteiger partial charge >= 0.3 is 12.1 Å². The maximum Gasteiger partial charge on any atom is 0.408 e. The van der Waals surface area contributed by atoms with E-state index in [1.165, 1.54) is 11.0 Å². The van der Waals surface area contributed by atoms with Gasteiger partial charge in [-0.2, -0.15) is 0 Å². The van der Waals surface area contributed by atoms with Crippen molar-refractivity contribution in [3.63, 3.8) is 0 Å². The average molecular weight is 627 g/mol. The summed E-state index contributed by atoms with van der Waals surface area (Å²) in [5.41, 5.74) is -0.384. The Hall–Kier alpha value is -3.54. The van der Waals surface area contributed by atoms with Gasteiger partial charge in [-0.25, -0.2) is 9.59 Å². The lowest BCUT2D eigenvalue weighted by Gasteiger charge is -2.35. The lowest BCUT2D eigenvalue weighted by Crippen LogP contribution is -2.59. The van der Waals surface area contributed by atoms with Crippen LogP contribution in [0.1, 0.15) is 71.3 Å². The zero-order valence-corrected chi connectivity index (χ0v) is 26.4. The minimum atomic E-state index is -1.46. The minimum absolute atomic E-state index is 0.0426. The van der Waals surface area contributed by atoms with Crippen molar-refractivity contribution in [2.24, 2.45) is 16.5 Å². The van der Waals surface area contributed by atoms with Gasteiger partial charge in [0.15, 0.2) is 0 Å². The first-order chi connectivity index (χ1) is 20.9. The summed E-state index contributed by atoms with van der Waals surface area (Å²) in [5, 5.41) is 19.8. The molecule has 3 fully saturated rings. The molecule has 2 heterocycles. The summed E-state index contributed by atoms with van der Waals surface area (Å²) in [4.78, 5) is 61.4. The van der Waals surface area contributed by atoms with Gasteiger partial charge in [-0.05, 0) is 43.6 Å². The maximum absolute atomic E-state index is 14.2. The minimum Gasteiger partial charge on any atom is -0.479 e. The number of hydrogen-bond donors (Lipinski definition) is 3. The Labute approximate surface area is 262 Å². The SMILES string of the molecule is C=C[C@@H]1C[C@@]1(NC(=O)[C@@H]1C[C@@H](O/N=C2\CCSc3ccccc32)CN1C(=O)[C@@H](NC(=O)OC1CCCC1)C(C)(C)C)C(=O)O. The first kappa shape index (κ1) is 31.9. The van der Waals surface area contributed by atoms with Crippen LogP contribution in [0.4, 0.5) is 4.79 Å². The summed E-state index contributed by atoms with van der Waals surface area (Å²) in [7, 11) is 0. The van der Waals surface area contributed by atoms with Crippen LogP contribution >= 0.6 is 11.8 Å². The predicted octanol–water partition coefficient (Wildman–Crippen LogP) is 4.10. The molecule has 0 spiro atoms. The molecule has 3 N–H and O–H groups in total. The predicted molar refractivity (Wildman–Crippen MR) is 165 cm³/mol. The standard InChI is InChI=1S/C32H42N4O7S/c1-5-19-17-32(19,29(39)40)34-27(37)24-16-21(43-35-23-14-15-44-25-13-9-8-12-22(23)25)18-36(24)28(38)26(31(2,3)4)33-30(41)42-20-10-6-7-11-20/h5,8-9,12-13,19-21,24,26H,1,6-7,10-11,14-18H2,2-4H3,(H,33,41)(H,34,37)(H,39,40)/b35-23+/t19-,21-,24+,26-,32+/m1/s1. The highest BCUT2D eigenvalue weighted by molar-refractivity contribution is 7.99. The molecule has 0 unspecified atom stereocenters. The van der Waals surface area contributed by atoms with Gasteiger partial charge in [0.1, 0.15) is 29.8 Å². The Bertz CT molecular complexity index is 1340. The summed E-state index contributed by atoms with van der Waals surface area (Å²) in [6.45, 7) is 9.21. The van der Waals surface area contributed by atoms with Gasteiger partial charge in [-0.15, -0.1) is 18.3 Å². The summed E-state index contributed by atoms with van der Waals surface area (Å²) in [5.74, 6) is -1.77. The smallest absolute Gasteiger partial charge is 0.408 e. The number of amides is 3. The summed E-state index contributed by atoms with van der Waals surface area (Å²) in [6, 6.07) is 5.92. The van der Waals surface area contributed by atoms with Crippen LogP contribution in [-0.4, -0.2) is 81.7 Å². The molecule has 0 radical (unpaired) electrons. The second-order valence-electron chi connectivity index (χ2n) is 13.2. The zero-order chi connectivity index (χ0) is 31.6. The Balaban J connectivity index is 1.37. The van der Waals surface area contributed by atoms with Crippen molar-refractivity contribution in [2.75, 3.05) is 12.3 Å². The number of carboxylic acids is 1. The van der Waals surface area contributed by atoms with Gasteiger partial charge in [0, 0.05) is 35.0 Å². The van der Waals surface area contributed by atoms with Crippen LogP contribution in [0.5, 0.6) is 0 Å². The fourth-order valence-electron chi connectivity index (χ4n) is 6.26. The number of thioether (sulfide) groups is 1. The van der Waals surface area contributed by atoms with Crippen LogP contribution in [-0.2, 0) is 24.0 Å². The Morgan fingerprint density at radius 1 is 1.18 bits per heavy atom. The molecule has 11 nitrogen and oxygen atoms in total. The summed E-state index contributed by atoms with van der Waals surface area (Å²) < 4.78 is 5.59. The molecule has 5 atom stereocenters. The van der Waals surface area contributed by atoms with Crippen LogP contribution in [0.25, 0.3) is 0 Å². The number of carbonyl (C=O) groups excluding carboxylic acids is 3. The molecular formula is C32H42N4O7S. The van der Waals surface area contributed by atoms with Crippen LogP contribution in [0.15, 0.2) is 47.0 Å². The van der Waals surface area contributed by atoms with Crippen LogP contribution in [0.2, 0.25) is 0 Å². The normalized spacial score (nSPS) is 28.1. The second kappa shape index (κ2) is 12.8. The summed E-state index contributed by atoms with van der Waals surface area (Å²) in [6.07, 6.45) is 4.66. The van der Waals surface area contributed by atoms with Crippen molar-refractivity contribution in [2.45, 2.75) is 100 Å². The third-order valence-corrected chi connectivity index (χ3v) is 10.0. The van der Waals surface area contributed by atoms with E-state index in [0.29, 0.717) is 6.42 Å². The van der Waals surface area contributed by atoms with E-state index in [9.17, 15) is 24.3 Å².